The number of carbonyl (C=O) groups is 2. The number of aromatic nitrogens is 3. The second-order valence-corrected chi connectivity index (χ2v) is 8.62. The monoisotopic (exact) mass is 455 g/mol. The molecule has 1 aliphatic carbocycles. The fraction of sp³-hybridized carbons (Fsp3) is 0.238. The molecule has 1 heterocycles. The van der Waals surface area contributed by atoms with Crippen LogP contribution in [0.25, 0.3) is 22.4 Å². The van der Waals surface area contributed by atoms with Crippen LogP contribution in [0.1, 0.15) is 18.4 Å². The first-order valence-electron chi connectivity index (χ1n) is 9.73. The second-order valence-electron chi connectivity index (χ2n) is 7.61. The number of benzene rings is 2. The number of anilines is 1. The molecule has 0 saturated heterocycles. The molecule has 166 valence electrons. The van der Waals surface area contributed by atoms with Crippen molar-refractivity contribution in [1.82, 2.24) is 19.3 Å². The maximum absolute atomic E-state index is 12.6. The van der Waals surface area contributed by atoms with Crippen LogP contribution in [0.3, 0.4) is 0 Å². The molecule has 4 rings (SSSR count). The van der Waals surface area contributed by atoms with E-state index in [4.69, 9.17) is 5.11 Å². The van der Waals surface area contributed by atoms with E-state index in [9.17, 15) is 18.4 Å². The van der Waals surface area contributed by atoms with E-state index in [2.05, 4.69) is 15.6 Å². The van der Waals surface area contributed by atoms with Gasteiger partial charge >= 0.3 is 6.09 Å². The molecule has 11 heteroatoms. The highest BCUT2D eigenvalue weighted by atomic mass is 32.2. The van der Waals surface area contributed by atoms with E-state index in [1.807, 2.05) is 48.5 Å². The van der Waals surface area contributed by atoms with Crippen molar-refractivity contribution in [3.8, 4) is 22.4 Å². The average Bonchev–Trinajstić information content (AvgIpc) is 3.52. The zero-order chi connectivity index (χ0) is 23.0. The number of likely N-dealkylation sites (N-methyl/N-ethyl adjacent to an activating group) is 1. The lowest BCUT2D eigenvalue weighted by Gasteiger charge is -2.20. The van der Waals surface area contributed by atoms with Gasteiger partial charge in [0.15, 0.2) is 5.82 Å². The van der Waals surface area contributed by atoms with E-state index in [0.29, 0.717) is 24.1 Å². The van der Waals surface area contributed by atoms with Gasteiger partial charge < -0.3 is 5.11 Å². The molecule has 2 amide bonds. The Bertz CT molecular complexity index is 1200. The van der Waals surface area contributed by atoms with Gasteiger partial charge in [0.2, 0.25) is 5.91 Å². The van der Waals surface area contributed by atoms with Crippen LogP contribution in [0.15, 0.2) is 48.5 Å². The summed E-state index contributed by atoms with van der Waals surface area (Å²) in [6.07, 6.45) is 0.0927. The Labute approximate surface area is 186 Å². The molecule has 1 atom stereocenters. The summed E-state index contributed by atoms with van der Waals surface area (Å²) in [5.41, 5.74) is 3.10. The number of aryl methyl sites for hydroxylation is 1. The number of carbonyl (C=O) groups excluding carboxylic acids is 1. The molecule has 0 bridgehead atoms. The van der Waals surface area contributed by atoms with Crippen LogP contribution in [0.5, 0.6) is 0 Å². The standard InChI is InChI=1S/C21H21N5O5S/c1-25-18(22-20(28)29)17(23-24-25)15-5-3-13(4-6-15)14-7-9-16(10-8-14)21(11-12-21)19(27)26(2)32(30)31/h3-10,22H,11-12H2,1-2H3,(H,28,29)(H,30,31). The molecular weight excluding hydrogens is 434 g/mol. The van der Waals surface area contributed by atoms with Gasteiger partial charge in [-0.3, -0.25) is 14.7 Å². The van der Waals surface area contributed by atoms with E-state index >= 15 is 0 Å². The summed E-state index contributed by atoms with van der Waals surface area (Å²) in [4.78, 5) is 23.6. The summed E-state index contributed by atoms with van der Waals surface area (Å²) < 4.78 is 22.7. The molecule has 32 heavy (non-hydrogen) atoms. The second kappa shape index (κ2) is 8.17. The lowest BCUT2D eigenvalue weighted by Crippen LogP contribution is -2.37. The van der Waals surface area contributed by atoms with Gasteiger partial charge in [0.25, 0.3) is 11.3 Å². The SMILES string of the molecule is CN(C(=O)C1(c2ccc(-c3ccc(-c4nnn(C)c4NC(=O)O)cc3)cc2)CC1)S(=O)O. The molecule has 3 aromatic rings. The van der Waals surface area contributed by atoms with Crippen molar-refractivity contribution < 1.29 is 23.5 Å². The first-order valence-corrected chi connectivity index (χ1v) is 10.8. The number of nitrogens with one attached hydrogen (secondary N) is 1. The van der Waals surface area contributed by atoms with Crippen molar-refractivity contribution in [2.24, 2.45) is 7.05 Å². The summed E-state index contributed by atoms with van der Waals surface area (Å²) in [5, 5.41) is 19.2. The largest absolute Gasteiger partial charge is 0.465 e. The Kier molecular flexibility index (Phi) is 5.53. The van der Waals surface area contributed by atoms with Gasteiger partial charge in [-0.25, -0.2) is 18.0 Å². The number of hydrogen-bond donors (Lipinski definition) is 3. The van der Waals surface area contributed by atoms with Crippen LogP contribution < -0.4 is 5.32 Å². The maximum Gasteiger partial charge on any atom is 0.410 e. The summed E-state index contributed by atoms with van der Waals surface area (Å²) in [5.74, 6) is -0.0760. The van der Waals surface area contributed by atoms with Gasteiger partial charge in [-0.05, 0) is 29.5 Å². The molecule has 1 aliphatic rings. The fourth-order valence-corrected chi connectivity index (χ4v) is 4.04. The molecule has 0 spiro atoms. The first kappa shape index (κ1) is 21.7. The maximum atomic E-state index is 12.6. The molecule has 10 nitrogen and oxygen atoms in total. The van der Waals surface area contributed by atoms with Crippen LogP contribution in [-0.2, 0) is 28.5 Å². The quantitative estimate of drug-likeness (QED) is 0.486. The predicted octanol–water partition coefficient (Wildman–Crippen LogP) is 2.87. The minimum absolute atomic E-state index is 0.280. The summed E-state index contributed by atoms with van der Waals surface area (Å²) in [7, 11) is 2.92. The van der Waals surface area contributed by atoms with Gasteiger partial charge in [0.05, 0.1) is 5.41 Å². The number of carboxylic acid groups (broad SMARTS) is 1. The predicted molar refractivity (Wildman–Crippen MR) is 118 cm³/mol. The zero-order valence-electron chi connectivity index (χ0n) is 17.3. The third kappa shape index (κ3) is 3.87. The van der Waals surface area contributed by atoms with Gasteiger partial charge in [-0.15, -0.1) is 5.10 Å². The molecule has 2 aromatic carbocycles. The molecule has 3 N–H and O–H groups in total. The number of nitrogens with zero attached hydrogens (tertiary/aromatic N) is 4. The van der Waals surface area contributed by atoms with E-state index in [1.54, 1.807) is 7.05 Å². The highest BCUT2D eigenvalue weighted by molar-refractivity contribution is 7.77. The minimum atomic E-state index is -2.34. The third-order valence-corrected chi connectivity index (χ3v) is 6.30. The van der Waals surface area contributed by atoms with Crippen molar-refractivity contribution >= 4 is 29.1 Å². The Morgan fingerprint density at radius 1 is 1.06 bits per heavy atom. The van der Waals surface area contributed by atoms with Gasteiger partial charge in [0, 0.05) is 19.7 Å². The number of hydrogen-bond acceptors (Lipinski definition) is 5. The summed E-state index contributed by atoms with van der Waals surface area (Å²) in [6.45, 7) is 0. The Balaban J connectivity index is 1.56. The minimum Gasteiger partial charge on any atom is -0.465 e. The lowest BCUT2D eigenvalue weighted by atomic mass is 9.92. The number of amides is 2. The van der Waals surface area contributed by atoms with Crippen LogP contribution in [0.2, 0.25) is 0 Å². The molecule has 0 aliphatic heterocycles. The van der Waals surface area contributed by atoms with Crippen molar-refractivity contribution in [3.63, 3.8) is 0 Å². The van der Waals surface area contributed by atoms with Crippen LogP contribution >= 0.6 is 0 Å². The van der Waals surface area contributed by atoms with Crippen LogP contribution in [0.4, 0.5) is 10.6 Å². The molecule has 1 unspecified atom stereocenters. The van der Waals surface area contributed by atoms with Gasteiger partial charge in [-0.2, -0.15) is 0 Å². The molecule has 1 fully saturated rings. The lowest BCUT2D eigenvalue weighted by molar-refractivity contribution is -0.128. The molecule has 1 aromatic heterocycles. The molecular formula is C21H21N5O5S. The van der Waals surface area contributed by atoms with Crippen LogP contribution in [-0.4, -0.2) is 52.2 Å². The molecule has 0 radical (unpaired) electrons. The Morgan fingerprint density at radius 2 is 1.59 bits per heavy atom. The fourth-order valence-electron chi connectivity index (χ4n) is 3.72. The highest BCUT2D eigenvalue weighted by Crippen LogP contribution is 2.49. The smallest absolute Gasteiger partial charge is 0.410 e. The summed E-state index contributed by atoms with van der Waals surface area (Å²) >= 11 is -2.34. The van der Waals surface area contributed by atoms with E-state index in [1.165, 1.54) is 11.7 Å². The Hall–Kier alpha value is -3.57. The van der Waals surface area contributed by atoms with Gasteiger partial charge in [-0.1, -0.05) is 53.7 Å². The van der Waals surface area contributed by atoms with Crippen LogP contribution in [0, 0.1) is 0 Å². The van der Waals surface area contributed by atoms with Crippen molar-refractivity contribution in [1.29, 1.82) is 0 Å². The average molecular weight is 455 g/mol. The third-order valence-electron chi connectivity index (χ3n) is 5.66. The normalized spacial score (nSPS) is 15.1. The van der Waals surface area contributed by atoms with E-state index in [-0.39, 0.29) is 11.7 Å². The first-order chi connectivity index (χ1) is 15.2. The van der Waals surface area contributed by atoms with Crippen molar-refractivity contribution in [2.75, 3.05) is 12.4 Å². The topological polar surface area (TPSA) is 138 Å². The van der Waals surface area contributed by atoms with Crippen molar-refractivity contribution in [3.05, 3.63) is 54.1 Å². The van der Waals surface area contributed by atoms with E-state index < -0.39 is 22.8 Å². The highest BCUT2D eigenvalue weighted by Gasteiger charge is 2.53. The molecule has 1 saturated carbocycles. The van der Waals surface area contributed by atoms with E-state index in [0.717, 1.165) is 21.0 Å². The summed E-state index contributed by atoms with van der Waals surface area (Å²) in [6, 6.07) is 15.0. The van der Waals surface area contributed by atoms with Crippen molar-refractivity contribution in [2.45, 2.75) is 18.3 Å². The number of rotatable bonds is 6. The van der Waals surface area contributed by atoms with Gasteiger partial charge in [0.1, 0.15) is 5.69 Å². The zero-order valence-corrected chi connectivity index (χ0v) is 18.2. The Morgan fingerprint density at radius 3 is 2.09 bits per heavy atom.